The summed E-state index contributed by atoms with van der Waals surface area (Å²) in [4.78, 5) is 13.4. The highest BCUT2D eigenvalue weighted by Gasteiger charge is 2.45. The van der Waals surface area contributed by atoms with Crippen molar-refractivity contribution in [1.29, 1.82) is 0 Å². The summed E-state index contributed by atoms with van der Waals surface area (Å²) in [5.41, 5.74) is -0.324. The molecule has 1 unspecified atom stereocenters. The van der Waals surface area contributed by atoms with Crippen LogP contribution < -0.4 is 5.32 Å². The van der Waals surface area contributed by atoms with Crippen LogP contribution in [0, 0.1) is 0 Å². The van der Waals surface area contributed by atoms with Crippen molar-refractivity contribution in [3.63, 3.8) is 0 Å². The van der Waals surface area contributed by atoms with Gasteiger partial charge < -0.3 is 15.0 Å². The molecule has 1 amide bonds. The zero-order valence-electron chi connectivity index (χ0n) is 12.0. The molecule has 1 heterocycles. The van der Waals surface area contributed by atoms with E-state index < -0.39 is 0 Å². The molecule has 1 fully saturated rings. The first-order valence-electron chi connectivity index (χ1n) is 6.35. The van der Waals surface area contributed by atoms with Crippen molar-refractivity contribution in [2.75, 3.05) is 20.1 Å². The predicted octanol–water partition coefficient (Wildman–Crippen LogP) is 1.40. The lowest BCUT2D eigenvalue weighted by Gasteiger charge is -2.28. The van der Waals surface area contributed by atoms with E-state index >= 15 is 0 Å². The van der Waals surface area contributed by atoms with Gasteiger partial charge in [0.05, 0.1) is 17.7 Å². The molecule has 1 aliphatic rings. The molecule has 1 rings (SSSR count). The van der Waals surface area contributed by atoms with Crippen molar-refractivity contribution in [1.82, 2.24) is 10.2 Å². The van der Waals surface area contributed by atoms with E-state index in [9.17, 15) is 4.79 Å². The van der Waals surface area contributed by atoms with Crippen molar-refractivity contribution in [2.45, 2.75) is 58.3 Å². The van der Waals surface area contributed by atoms with E-state index in [2.05, 4.69) is 33.0 Å². The van der Waals surface area contributed by atoms with Gasteiger partial charge in [-0.05, 0) is 41.0 Å². The SMILES string of the molecule is CCN(C)C(=O)CNC1CC(C)(C)OC1(C)C. The van der Waals surface area contributed by atoms with Crippen LogP contribution in [0.5, 0.6) is 0 Å². The van der Waals surface area contributed by atoms with Gasteiger partial charge in [-0.2, -0.15) is 0 Å². The Bertz CT molecular complexity index is 287. The number of nitrogens with zero attached hydrogens (tertiary/aromatic N) is 1. The van der Waals surface area contributed by atoms with Crippen LogP contribution in [0.4, 0.5) is 0 Å². The summed E-state index contributed by atoms with van der Waals surface area (Å²) in [6, 6.07) is 0.228. The Morgan fingerprint density at radius 1 is 1.41 bits per heavy atom. The van der Waals surface area contributed by atoms with Crippen LogP contribution in [0.2, 0.25) is 0 Å². The number of amides is 1. The molecule has 0 aromatic rings. The molecule has 1 saturated heterocycles. The van der Waals surface area contributed by atoms with E-state index in [0.29, 0.717) is 6.54 Å². The van der Waals surface area contributed by atoms with Gasteiger partial charge in [-0.1, -0.05) is 0 Å². The first-order valence-corrected chi connectivity index (χ1v) is 6.35. The van der Waals surface area contributed by atoms with Gasteiger partial charge in [-0.15, -0.1) is 0 Å². The third kappa shape index (κ3) is 3.68. The van der Waals surface area contributed by atoms with Gasteiger partial charge >= 0.3 is 0 Å². The van der Waals surface area contributed by atoms with E-state index in [0.717, 1.165) is 13.0 Å². The van der Waals surface area contributed by atoms with Crippen molar-refractivity contribution in [2.24, 2.45) is 0 Å². The maximum Gasteiger partial charge on any atom is 0.236 e. The Hall–Kier alpha value is -0.610. The Morgan fingerprint density at radius 2 is 2.00 bits per heavy atom. The molecule has 0 aliphatic carbocycles. The van der Waals surface area contributed by atoms with Gasteiger partial charge in [-0.25, -0.2) is 0 Å². The largest absolute Gasteiger partial charge is 0.368 e. The summed E-state index contributed by atoms with van der Waals surface area (Å²) in [7, 11) is 1.82. The molecule has 17 heavy (non-hydrogen) atoms. The minimum absolute atomic E-state index is 0.110. The zero-order chi connectivity index (χ0) is 13.3. The van der Waals surface area contributed by atoms with Crippen LogP contribution in [0.15, 0.2) is 0 Å². The molecule has 100 valence electrons. The monoisotopic (exact) mass is 242 g/mol. The van der Waals surface area contributed by atoms with Crippen LogP contribution in [-0.4, -0.2) is 48.2 Å². The topological polar surface area (TPSA) is 41.6 Å². The Balaban J connectivity index is 2.50. The van der Waals surface area contributed by atoms with Crippen molar-refractivity contribution in [3.8, 4) is 0 Å². The minimum Gasteiger partial charge on any atom is -0.368 e. The second-order valence-corrected chi connectivity index (χ2v) is 6.01. The highest BCUT2D eigenvalue weighted by molar-refractivity contribution is 5.77. The fourth-order valence-electron chi connectivity index (χ4n) is 2.40. The lowest BCUT2D eigenvalue weighted by molar-refractivity contribution is -0.129. The van der Waals surface area contributed by atoms with Crippen LogP contribution >= 0.6 is 0 Å². The fraction of sp³-hybridized carbons (Fsp3) is 0.923. The molecule has 0 bridgehead atoms. The quantitative estimate of drug-likeness (QED) is 0.810. The number of hydrogen-bond acceptors (Lipinski definition) is 3. The standard InChI is InChI=1S/C13H26N2O2/c1-7-15(6)11(16)9-14-10-8-12(2,3)17-13(10,4)5/h10,14H,7-9H2,1-6H3. The first kappa shape index (κ1) is 14.5. The zero-order valence-corrected chi connectivity index (χ0v) is 12.0. The molecule has 0 radical (unpaired) electrons. The van der Waals surface area contributed by atoms with Crippen molar-refractivity contribution in [3.05, 3.63) is 0 Å². The summed E-state index contributed by atoms with van der Waals surface area (Å²) in [5, 5.41) is 3.33. The normalized spacial score (nSPS) is 25.9. The molecule has 0 aromatic carbocycles. The third-order valence-electron chi connectivity index (χ3n) is 3.47. The lowest BCUT2D eigenvalue weighted by atomic mass is 9.94. The minimum atomic E-state index is -0.214. The average molecular weight is 242 g/mol. The van der Waals surface area contributed by atoms with Gasteiger partial charge in [0.25, 0.3) is 0 Å². The predicted molar refractivity (Wildman–Crippen MR) is 69.0 cm³/mol. The van der Waals surface area contributed by atoms with E-state index in [-0.39, 0.29) is 23.2 Å². The molecule has 4 nitrogen and oxygen atoms in total. The Morgan fingerprint density at radius 3 is 2.41 bits per heavy atom. The second kappa shape index (κ2) is 4.94. The van der Waals surface area contributed by atoms with Gasteiger partial charge in [0.2, 0.25) is 5.91 Å². The van der Waals surface area contributed by atoms with Gasteiger partial charge in [-0.3, -0.25) is 4.79 Å². The molecule has 1 atom stereocenters. The van der Waals surface area contributed by atoms with E-state index in [4.69, 9.17) is 4.74 Å². The van der Waals surface area contributed by atoms with Crippen molar-refractivity contribution >= 4 is 5.91 Å². The number of hydrogen-bond donors (Lipinski definition) is 1. The molecule has 0 spiro atoms. The van der Waals surface area contributed by atoms with E-state index in [1.165, 1.54) is 0 Å². The Labute approximate surface area is 105 Å². The number of nitrogens with one attached hydrogen (secondary N) is 1. The summed E-state index contributed by atoms with van der Waals surface area (Å²) in [6.45, 7) is 11.5. The van der Waals surface area contributed by atoms with E-state index in [1.807, 2.05) is 14.0 Å². The van der Waals surface area contributed by atoms with Crippen LogP contribution in [0.25, 0.3) is 0 Å². The number of rotatable bonds is 4. The molecule has 1 N–H and O–H groups in total. The van der Waals surface area contributed by atoms with Gasteiger partial charge in [0.1, 0.15) is 0 Å². The number of carbonyl (C=O) groups excluding carboxylic acids is 1. The van der Waals surface area contributed by atoms with Gasteiger partial charge in [0.15, 0.2) is 0 Å². The molecule has 0 aromatic heterocycles. The van der Waals surface area contributed by atoms with Crippen LogP contribution in [0.3, 0.4) is 0 Å². The first-order chi connectivity index (χ1) is 7.68. The third-order valence-corrected chi connectivity index (χ3v) is 3.47. The highest BCUT2D eigenvalue weighted by atomic mass is 16.5. The summed E-state index contributed by atoms with van der Waals surface area (Å²) >= 11 is 0. The number of ether oxygens (including phenoxy) is 1. The molecule has 4 heteroatoms. The second-order valence-electron chi connectivity index (χ2n) is 6.01. The summed E-state index contributed by atoms with van der Waals surface area (Å²) in [5.74, 6) is 0.132. The van der Waals surface area contributed by atoms with E-state index in [1.54, 1.807) is 4.90 Å². The average Bonchev–Trinajstić information content (AvgIpc) is 2.41. The fourth-order valence-corrected chi connectivity index (χ4v) is 2.40. The molecule has 0 saturated carbocycles. The van der Waals surface area contributed by atoms with Crippen LogP contribution in [0.1, 0.15) is 41.0 Å². The molecular weight excluding hydrogens is 216 g/mol. The highest BCUT2D eigenvalue weighted by Crippen LogP contribution is 2.37. The lowest BCUT2D eigenvalue weighted by Crippen LogP contribution is -2.47. The number of likely N-dealkylation sites (N-methyl/N-ethyl adjacent to an activating group) is 1. The smallest absolute Gasteiger partial charge is 0.236 e. The van der Waals surface area contributed by atoms with Gasteiger partial charge in [0, 0.05) is 19.6 Å². The molecule has 1 aliphatic heterocycles. The molecular formula is C13H26N2O2. The maximum atomic E-state index is 11.7. The summed E-state index contributed by atoms with van der Waals surface area (Å²) in [6.07, 6.45) is 0.934. The van der Waals surface area contributed by atoms with Crippen molar-refractivity contribution < 1.29 is 9.53 Å². The maximum absolute atomic E-state index is 11.7. The summed E-state index contributed by atoms with van der Waals surface area (Å²) < 4.78 is 5.98. The van der Waals surface area contributed by atoms with Crippen LogP contribution in [-0.2, 0) is 9.53 Å². The number of carbonyl (C=O) groups is 1. The Kier molecular flexibility index (Phi) is 4.20.